The van der Waals surface area contributed by atoms with Crippen LogP contribution in [0.3, 0.4) is 0 Å². The van der Waals surface area contributed by atoms with Crippen molar-refractivity contribution >= 4 is 22.2 Å². The van der Waals surface area contributed by atoms with Crippen LogP contribution in [0, 0.1) is 5.92 Å². The van der Waals surface area contributed by atoms with Crippen molar-refractivity contribution in [3.05, 3.63) is 35.3 Å². The molecule has 31 heavy (non-hydrogen) atoms. The van der Waals surface area contributed by atoms with E-state index in [1.807, 2.05) is 42.4 Å². The van der Waals surface area contributed by atoms with E-state index in [9.17, 15) is 4.79 Å². The molecule has 0 atom stereocenters. The quantitative estimate of drug-likeness (QED) is 0.680. The minimum absolute atomic E-state index is 0.118. The molecule has 7 heteroatoms. The Bertz CT molecular complexity index is 856. The number of pyridine rings is 1. The predicted octanol–water partition coefficient (Wildman–Crippen LogP) is 3.84. The minimum Gasteiger partial charge on any atom is -0.378 e. The van der Waals surface area contributed by atoms with Gasteiger partial charge in [-0.15, -0.1) is 11.3 Å². The third-order valence-corrected chi connectivity index (χ3v) is 7.60. The molecule has 0 saturated carbocycles. The summed E-state index contributed by atoms with van der Waals surface area (Å²) < 4.78 is 5.53. The smallest absolute Gasteiger partial charge is 0.263 e. The van der Waals surface area contributed by atoms with Crippen LogP contribution in [0.25, 0.3) is 11.3 Å². The highest BCUT2D eigenvalue weighted by Gasteiger charge is 2.26. The fraction of sp³-hybridized carbons (Fsp3) is 0.583. The lowest BCUT2D eigenvalue weighted by molar-refractivity contribution is 0.0731. The van der Waals surface area contributed by atoms with Crippen molar-refractivity contribution in [2.24, 2.45) is 5.92 Å². The molecule has 0 unspecified atom stereocenters. The number of carbonyl (C=O) groups excluding carboxylic acids is 1. The Morgan fingerprint density at radius 2 is 1.97 bits per heavy atom. The molecule has 0 spiro atoms. The first-order chi connectivity index (χ1) is 15.0. The third-order valence-electron chi connectivity index (χ3n) is 6.42. The average Bonchev–Trinajstić information content (AvgIpc) is 3.25. The van der Waals surface area contributed by atoms with Crippen LogP contribution in [0.15, 0.2) is 30.5 Å². The van der Waals surface area contributed by atoms with E-state index in [2.05, 4.69) is 28.6 Å². The summed E-state index contributed by atoms with van der Waals surface area (Å²) in [6.45, 7) is 10.7. The van der Waals surface area contributed by atoms with Gasteiger partial charge in [0.25, 0.3) is 5.91 Å². The standard InChI is InChI=1S/C24H34N4O2S/c1-18(2)27-10-7-19(8-11-27)17-26(3)23(29)22-16-20(21-6-4-5-9-25-21)24(31-22)28-12-14-30-15-13-28/h4-6,9,16,18-19H,7-8,10-15,17H2,1-3H3. The number of hydrogen-bond acceptors (Lipinski definition) is 6. The zero-order valence-electron chi connectivity index (χ0n) is 18.9. The molecule has 2 fully saturated rings. The molecule has 2 aromatic heterocycles. The first-order valence-electron chi connectivity index (χ1n) is 11.4. The van der Waals surface area contributed by atoms with Crippen molar-refractivity contribution in [3.63, 3.8) is 0 Å². The molecule has 2 aliphatic heterocycles. The first-order valence-corrected chi connectivity index (χ1v) is 12.2. The molecule has 2 saturated heterocycles. The molecule has 1 amide bonds. The minimum atomic E-state index is 0.118. The summed E-state index contributed by atoms with van der Waals surface area (Å²) in [5.74, 6) is 0.700. The van der Waals surface area contributed by atoms with Gasteiger partial charge >= 0.3 is 0 Å². The lowest BCUT2D eigenvalue weighted by Gasteiger charge is -2.36. The number of likely N-dealkylation sites (tertiary alicyclic amines) is 1. The van der Waals surface area contributed by atoms with E-state index >= 15 is 0 Å². The Morgan fingerprint density at radius 1 is 1.23 bits per heavy atom. The molecule has 0 aliphatic carbocycles. The van der Waals surface area contributed by atoms with Crippen molar-refractivity contribution < 1.29 is 9.53 Å². The van der Waals surface area contributed by atoms with E-state index in [0.717, 1.165) is 67.1 Å². The number of anilines is 1. The van der Waals surface area contributed by atoms with E-state index in [-0.39, 0.29) is 5.91 Å². The fourth-order valence-corrected chi connectivity index (χ4v) is 5.72. The highest BCUT2D eigenvalue weighted by atomic mass is 32.1. The maximum atomic E-state index is 13.3. The predicted molar refractivity (Wildman–Crippen MR) is 127 cm³/mol. The van der Waals surface area contributed by atoms with Crippen LogP contribution in [0.1, 0.15) is 36.4 Å². The highest BCUT2D eigenvalue weighted by Crippen LogP contribution is 2.39. The summed E-state index contributed by atoms with van der Waals surface area (Å²) in [5, 5.41) is 1.13. The molecule has 6 nitrogen and oxygen atoms in total. The lowest BCUT2D eigenvalue weighted by atomic mass is 9.95. The number of piperidine rings is 1. The number of ether oxygens (including phenoxy) is 1. The normalized spacial score (nSPS) is 18.5. The molecule has 2 aliphatic rings. The molecule has 2 aromatic rings. The zero-order chi connectivity index (χ0) is 21.8. The van der Waals surface area contributed by atoms with Crippen molar-refractivity contribution in [1.29, 1.82) is 0 Å². The molecule has 0 N–H and O–H groups in total. The Labute approximate surface area is 189 Å². The Kier molecular flexibility index (Phi) is 7.25. The van der Waals surface area contributed by atoms with Gasteiger partial charge in [0.15, 0.2) is 0 Å². The average molecular weight is 443 g/mol. The lowest BCUT2D eigenvalue weighted by Crippen LogP contribution is -2.42. The molecule has 0 radical (unpaired) electrons. The maximum Gasteiger partial charge on any atom is 0.263 e. The second-order valence-electron chi connectivity index (χ2n) is 8.90. The molecule has 168 valence electrons. The van der Waals surface area contributed by atoms with Crippen LogP contribution < -0.4 is 4.90 Å². The van der Waals surface area contributed by atoms with Gasteiger partial charge in [-0.05, 0) is 63.9 Å². The van der Waals surface area contributed by atoms with E-state index in [1.165, 1.54) is 12.8 Å². The van der Waals surface area contributed by atoms with Gasteiger partial charge in [-0.3, -0.25) is 9.78 Å². The number of aromatic nitrogens is 1. The van der Waals surface area contributed by atoms with E-state index < -0.39 is 0 Å². The van der Waals surface area contributed by atoms with Crippen LogP contribution in [-0.2, 0) is 4.74 Å². The van der Waals surface area contributed by atoms with Gasteiger partial charge in [0, 0.05) is 44.5 Å². The highest BCUT2D eigenvalue weighted by molar-refractivity contribution is 7.18. The number of nitrogens with zero attached hydrogens (tertiary/aromatic N) is 4. The van der Waals surface area contributed by atoms with Crippen LogP contribution in [-0.4, -0.2) is 79.7 Å². The topological polar surface area (TPSA) is 48.9 Å². The van der Waals surface area contributed by atoms with Gasteiger partial charge in [0.1, 0.15) is 5.00 Å². The van der Waals surface area contributed by atoms with Gasteiger partial charge in [-0.2, -0.15) is 0 Å². The van der Waals surface area contributed by atoms with E-state index in [4.69, 9.17) is 4.74 Å². The Morgan fingerprint density at radius 3 is 2.61 bits per heavy atom. The summed E-state index contributed by atoms with van der Waals surface area (Å²) in [4.78, 5) is 25.5. The van der Waals surface area contributed by atoms with Crippen molar-refractivity contribution in [2.75, 3.05) is 57.9 Å². The third kappa shape index (κ3) is 5.27. The first kappa shape index (κ1) is 22.2. The van der Waals surface area contributed by atoms with Crippen molar-refractivity contribution in [1.82, 2.24) is 14.8 Å². The second kappa shape index (κ2) is 10.1. The Hall–Kier alpha value is -1.96. The van der Waals surface area contributed by atoms with Gasteiger partial charge < -0.3 is 19.4 Å². The van der Waals surface area contributed by atoms with Crippen LogP contribution in [0.4, 0.5) is 5.00 Å². The zero-order valence-corrected chi connectivity index (χ0v) is 19.7. The summed E-state index contributed by atoms with van der Waals surface area (Å²) in [6, 6.07) is 8.59. The monoisotopic (exact) mass is 442 g/mol. The summed E-state index contributed by atoms with van der Waals surface area (Å²) in [7, 11) is 1.95. The van der Waals surface area contributed by atoms with Crippen LogP contribution in [0.2, 0.25) is 0 Å². The Balaban J connectivity index is 1.49. The number of amides is 1. The fourth-order valence-electron chi connectivity index (χ4n) is 4.50. The molecule has 0 aromatic carbocycles. The van der Waals surface area contributed by atoms with Gasteiger partial charge in [0.05, 0.1) is 23.8 Å². The molecule has 0 bridgehead atoms. The van der Waals surface area contributed by atoms with Crippen molar-refractivity contribution in [3.8, 4) is 11.3 Å². The van der Waals surface area contributed by atoms with Gasteiger partial charge in [-0.1, -0.05) is 6.07 Å². The second-order valence-corrected chi connectivity index (χ2v) is 9.93. The number of morpholine rings is 1. The van der Waals surface area contributed by atoms with Crippen LogP contribution in [0.5, 0.6) is 0 Å². The SMILES string of the molecule is CC(C)N1CCC(CN(C)C(=O)c2cc(-c3ccccn3)c(N3CCOCC3)s2)CC1. The van der Waals surface area contributed by atoms with Crippen molar-refractivity contribution in [2.45, 2.75) is 32.7 Å². The largest absolute Gasteiger partial charge is 0.378 e. The summed E-state index contributed by atoms with van der Waals surface area (Å²) in [6.07, 6.45) is 4.14. The number of hydrogen-bond donors (Lipinski definition) is 0. The van der Waals surface area contributed by atoms with Gasteiger partial charge in [-0.25, -0.2) is 0 Å². The maximum absolute atomic E-state index is 13.3. The van der Waals surface area contributed by atoms with Crippen LogP contribution >= 0.6 is 11.3 Å². The van der Waals surface area contributed by atoms with Gasteiger partial charge in [0.2, 0.25) is 0 Å². The van der Waals surface area contributed by atoms with E-state index in [0.29, 0.717) is 12.0 Å². The van der Waals surface area contributed by atoms with E-state index in [1.54, 1.807) is 11.3 Å². The number of rotatable bonds is 6. The number of thiophene rings is 1. The molecular weight excluding hydrogens is 408 g/mol. The summed E-state index contributed by atoms with van der Waals surface area (Å²) in [5.41, 5.74) is 1.97. The number of carbonyl (C=O) groups is 1. The molecule has 4 heterocycles. The summed E-state index contributed by atoms with van der Waals surface area (Å²) >= 11 is 1.59. The molecular formula is C24H34N4O2S. The molecule has 4 rings (SSSR count).